The van der Waals surface area contributed by atoms with Crippen LogP contribution in [0.15, 0.2) is 12.1 Å². The molecule has 1 aliphatic rings. The Balaban J connectivity index is 0.00000180. The number of aryl methyl sites for hydroxylation is 1. The highest BCUT2D eigenvalue weighted by Crippen LogP contribution is 2.28. The van der Waals surface area contributed by atoms with Crippen molar-refractivity contribution in [2.75, 3.05) is 32.9 Å². The fourth-order valence-electron chi connectivity index (χ4n) is 2.33. The van der Waals surface area contributed by atoms with Crippen LogP contribution in [0.2, 0.25) is 0 Å². The van der Waals surface area contributed by atoms with Crippen LogP contribution in [0.1, 0.15) is 17.2 Å². The van der Waals surface area contributed by atoms with E-state index in [1.54, 1.807) is 11.8 Å². The van der Waals surface area contributed by atoms with E-state index in [0.29, 0.717) is 31.7 Å². The summed E-state index contributed by atoms with van der Waals surface area (Å²) in [4.78, 5) is 1.79. The first-order valence-corrected chi connectivity index (χ1v) is 6.10. The number of rotatable bonds is 3. The van der Waals surface area contributed by atoms with E-state index in [0.717, 1.165) is 0 Å². The van der Waals surface area contributed by atoms with E-state index in [4.69, 9.17) is 0 Å². The molecule has 1 N–H and O–H groups in total. The minimum Gasteiger partial charge on any atom is -0.314 e. The van der Waals surface area contributed by atoms with Crippen molar-refractivity contribution >= 4 is 24.8 Å². The third-order valence-corrected chi connectivity index (χ3v) is 3.39. The summed E-state index contributed by atoms with van der Waals surface area (Å²) in [6.45, 7) is 3.41. The van der Waals surface area contributed by atoms with Crippen LogP contribution in [0, 0.1) is 18.6 Å². The predicted molar refractivity (Wildman–Crippen MR) is 78.7 cm³/mol. The molecule has 0 aromatic heterocycles. The van der Waals surface area contributed by atoms with Crippen molar-refractivity contribution in [1.82, 2.24) is 10.2 Å². The number of alkyl halides is 1. The summed E-state index contributed by atoms with van der Waals surface area (Å²) in [7, 11) is 0. The summed E-state index contributed by atoms with van der Waals surface area (Å²) >= 11 is 0. The molecule has 116 valence electrons. The highest BCUT2D eigenvalue weighted by molar-refractivity contribution is 5.85. The van der Waals surface area contributed by atoms with Crippen LogP contribution >= 0.6 is 24.8 Å². The second kappa shape index (κ2) is 8.72. The molecule has 0 aliphatic carbocycles. The molecule has 0 amide bonds. The van der Waals surface area contributed by atoms with Crippen LogP contribution < -0.4 is 5.32 Å². The zero-order valence-electron chi connectivity index (χ0n) is 11.2. The number of hydrogen-bond donors (Lipinski definition) is 1. The van der Waals surface area contributed by atoms with Gasteiger partial charge in [-0.25, -0.2) is 13.2 Å². The molecule has 7 heteroatoms. The summed E-state index contributed by atoms with van der Waals surface area (Å²) in [5.41, 5.74) is 0.208. The summed E-state index contributed by atoms with van der Waals surface area (Å²) in [6.07, 6.45) is 0. The lowest BCUT2D eigenvalue weighted by atomic mass is 10.0. The molecule has 1 heterocycles. The van der Waals surface area contributed by atoms with Crippen molar-refractivity contribution in [3.8, 4) is 0 Å². The van der Waals surface area contributed by atoms with Gasteiger partial charge in [-0.2, -0.15) is 0 Å². The van der Waals surface area contributed by atoms with E-state index in [2.05, 4.69) is 5.32 Å². The van der Waals surface area contributed by atoms with E-state index >= 15 is 0 Å². The molecule has 1 saturated heterocycles. The van der Waals surface area contributed by atoms with Crippen LogP contribution in [-0.4, -0.2) is 37.8 Å². The normalized spacial score (nSPS) is 17.0. The summed E-state index contributed by atoms with van der Waals surface area (Å²) in [6, 6.07) is 1.76. The fraction of sp³-hybridized carbons (Fsp3) is 0.538. The van der Waals surface area contributed by atoms with Gasteiger partial charge in [0.1, 0.15) is 18.3 Å². The Bertz CT molecular complexity index is 426. The van der Waals surface area contributed by atoms with Gasteiger partial charge in [0.05, 0.1) is 6.04 Å². The van der Waals surface area contributed by atoms with Crippen molar-refractivity contribution in [2.45, 2.75) is 13.0 Å². The van der Waals surface area contributed by atoms with Crippen LogP contribution in [0.3, 0.4) is 0 Å². The van der Waals surface area contributed by atoms with E-state index in [1.807, 2.05) is 0 Å². The van der Waals surface area contributed by atoms with E-state index in [1.165, 1.54) is 12.1 Å². The Morgan fingerprint density at radius 2 is 1.80 bits per heavy atom. The maximum absolute atomic E-state index is 14.0. The summed E-state index contributed by atoms with van der Waals surface area (Å²) < 4.78 is 41.0. The SMILES string of the molecule is Cc1ccc(F)c([C@H](CF)N2CCNCC2)c1F.Cl.Cl. The number of nitrogens with one attached hydrogen (secondary N) is 1. The van der Waals surface area contributed by atoms with Crippen LogP contribution in [0.5, 0.6) is 0 Å². The second-order valence-electron chi connectivity index (χ2n) is 4.55. The first-order chi connectivity index (χ1) is 8.65. The molecular weight excluding hydrogens is 312 g/mol. The number of hydrogen-bond acceptors (Lipinski definition) is 2. The Labute approximate surface area is 129 Å². The summed E-state index contributed by atoms with van der Waals surface area (Å²) in [5, 5.41) is 3.13. The molecular formula is C13H19Cl2F3N2. The highest BCUT2D eigenvalue weighted by Gasteiger charge is 2.28. The largest absolute Gasteiger partial charge is 0.314 e. The van der Waals surface area contributed by atoms with Gasteiger partial charge >= 0.3 is 0 Å². The van der Waals surface area contributed by atoms with Gasteiger partial charge in [0, 0.05) is 31.7 Å². The zero-order valence-corrected chi connectivity index (χ0v) is 12.8. The average Bonchev–Trinajstić information content (AvgIpc) is 2.40. The lowest BCUT2D eigenvalue weighted by molar-refractivity contribution is 0.141. The molecule has 20 heavy (non-hydrogen) atoms. The minimum atomic E-state index is -0.827. The van der Waals surface area contributed by atoms with Gasteiger partial charge in [0.2, 0.25) is 0 Å². The molecule has 0 saturated carbocycles. The second-order valence-corrected chi connectivity index (χ2v) is 4.55. The Morgan fingerprint density at radius 1 is 1.20 bits per heavy atom. The van der Waals surface area contributed by atoms with Crippen molar-refractivity contribution in [3.63, 3.8) is 0 Å². The third-order valence-electron chi connectivity index (χ3n) is 3.39. The lowest BCUT2D eigenvalue weighted by Gasteiger charge is -2.34. The van der Waals surface area contributed by atoms with E-state index in [-0.39, 0.29) is 30.4 Å². The maximum atomic E-state index is 14.0. The number of nitrogens with zero attached hydrogens (tertiary/aromatic N) is 1. The maximum Gasteiger partial charge on any atom is 0.133 e. The quantitative estimate of drug-likeness (QED) is 0.916. The average molecular weight is 331 g/mol. The standard InChI is InChI=1S/C13H17F3N2.2ClH/c1-9-2-3-10(15)12(13(9)16)11(8-14)18-6-4-17-5-7-18;;/h2-3,11,17H,4-8H2,1H3;2*1H/t11-;;/m0../s1. The number of benzene rings is 1. The number of halogens is 5. The predicted octanol–water partition coefficient (Wildman–Crippen LogP) is 3.03. The molecule has 0 radical (unpaired) electrons. The number of piperazine rings is 1. The van der Waals surface area contributed by atoms with Crippen LogP contribution in [-0.2, 0) is 0 Å². The topological polar surface area (TPSA) is 15.3 Å². The van der Waals surface area contributed by atoms with Crippen LogP contribution in [0.4, 0.5) is 13.2 Å². The minimum absolute atomic E-state index is 0. The third kappa shape index (κ3) is 4.01. The van der Waals surface area contributed by atoms with Crippen molar-refractivity contribution in [3.05, 3.63) is 34.9 Å². The van der Waals surface area contributed by atoms with E-state index in [9.17, 15) is 13.2 Å². The molecule has 0 unspecified atom stereocenters. The van der Waals surface area contributed by atoms with Crippen molar-refractivity contribution < 1.29 is 13.2 Å². The van der Waals surface area contributed by atoms with Crippen molar-refractivity contribution in [2.24, 2.45) is 0 Å². The smallest absolute Gasteiger partial charge is 0.133 e. The molecule has 1 atom stereocenters. The molecule has 0 bridgehead atoms. The fourth-order valence-corrected chi connectivity index (χ4v) is 2.33. The van der Waals surface area contributed by atoms with Gasteiger partial charge < -0.3 is 5.32 Å². The van der Waals surface area contributed by atoms with Crippen LogP contribution in [0.25, 0.3) is 0 Å². The lowest BCUT2D eigenvalue weighted by Crippen LogP contribution is -2.46. The van der Waals surface area contributed by atoms with Crippen molar-refractivity contribution in [1.29, 1.82) is 0 Å². The monoisotopic (exact) mass is 330 g/mol. The zero-order chi connectivity index (χ0) is 13.1. The molecule has 1 fully saturated rings. The molecule has 1 aromatic carbocycles. The first kappa shape index (κ1) is 19.5. The Kier molecular flexibility index (Phi) is 8.51. The highest BCUT2D eigenvalue weighted by atomic mass is 35.5. The van der Waals surface area contributed by atoms with E-state index < -0.39 is 24.4 Å². The van der Waals surface area contributed by atoms with Gasteiger partial charge in [-0.1, -0.05) is 6.07 Å². The van der Waals surface area contributed by atoms with Gasteiger partial charge in [0.15, 0.2) is 0 Å². The summed E-state index contributed by atoms with van der Waals surface area (Å²) in [5.74, 6) is -1.30. The molecule has 1 aromatic rings. The van der Waals surface area contributed by atoms with Gasteiger partial charge in [-0.05, 0) is 18.6 Å². The first-order valence-electron chi connectivity index (χ1n) is 6.10. The molecule has 2 nitrogen and oxygen atoms in total. The molecule has 2 rings (SSSR count). The molecule has 0 spiro atoms. The van der Waals surface area contributed by atoms with Gasteiger partial charge in [-0.3, -0.25) is 4.90 Å². The van der Waals surface area contributed by atoms with Gasteiger partial charge in [-0.15, -0.1) is 24.8 Å². The molecule has 1 aliphatic heterocycles. The Morgan fingerprint density at radius 3 is 2.35 bits per heavy atom. The van der Waals surface area contributed by atoms with Gasteiger partial charge in [0.25, 0.3) is 0 Å². The Hall–Kier alpha value is -0.490.